The van der Waals surface area contributed by atoms with Crippen LogP contribution in [0, 0.1) is 0 Å². The highest BCUT2D eigenvalue weighted by Crippen LogP contribution is 2.13. The summed E-state index contributed by atoms with van der Waals surface area (Å²) in [4.78, 5) is 58.5. The molecule has 3 aromatic heterocycles. The Kier molecular flexibility index (Phi) is 14.1. The summed E-state index contributed by atoms with van der Waals surface area (Å²) in [6.07, 6.45) is 3.57. The van der Waals surface area contributed by atoms with Crippen molar-refractivity contribution in [2.45, 2.75) is 26.2 Å². The molecule has 0 spiro atoms. The van der Waals surface area contributed by atoms with Crippen LogP contribution < -0.4 is 0 Å². The molecule has 0 atom stereocenters. The average molecular weight is 649 g/mol. The molecule has 4 heterocycles. The molecule has 252 valence electrons. The molecule has 1 saturated heterocycles. The summed E-state index contributed by atoms with van der Waals surface area (Å²) in [5, 5.41) is 28.4. The number of aliphatic carboxylic acids is 3. The second kappa shape index (κ2) is 18.7. The lowest BCUT2D eigenvalue weighted by Gasteiger charge is -2.33. The lowest BCUT2D eigenvalue weighted by atomic mass is 10.2. The first kappa shape index (κ1) is 35.5. The quantitative estimate of drug-likeness (QED) is 0.227. The standard InChI is InChI=1S/C33H44N8O6/c42-31(43)24-38-14-12-37(13-15-39(25-32(44)45)17-19-40(18-16-38)26-33(46)47)22-29-8-5-9-30(36-29)23-41(20-27-6-1-3-10-34-27)21-28-7-2-4-11-35-28/h1-11H,12-26H2,(H,42,43)(H,44,45)(H,46,47). The predicted octanol–water partition coefficient (Wildman–Crippen LogP) is 1.05. The first-order valence-electron chi connectivity index (χ1n) is 15.7. The van der Waals surface area contributed by atoms with Crippen LogP contribution in [-0.2, 0) is 40.6 Å². The van der Waals surface area contributed by atoms with Gasteiger partial charge in [0.05, 0.1) is 42.4 Å². The zero-order valence-corrected chi connectivity index (χ0v) is 26.6. The van der Waals surface area contributed by atoms with Gasteiger partial charge in [-0.15, -0.1) is 0 Å². The van der Waals surface area contributed by atoms with Crippen molar-refractivity contribution in [2.75, 3.05) is 72.0 Å². The van der Waals surface area contributed by atoms with Gasteiger partial charge in [0, 0.05) is 90.9 Å². The minimum atomic E-state index is -0.982. The highest BCUT2D eigenvalue weighted by molar-refractivity contribution is 5.69. The Morgan fingerprint density at radius 2 is 0.915 bits per heavy atom. The van der Waals surface area contributed by atoms with Gasteiger partial charge in [-0.25, -0.2) is 0 Å². The van der Waals surface area contributed by atoms with Crippen LogP contribution in [0.5, 0.6) is 0 Å². The van der Waals surface area contributed by atoms with E-state index in [1.54, 1.807) is 17.3 Å². The first-order chi connectivity index (χ1) is 22.7. The maximum absolute atomic E-state index is 11.6. The molecule has 14 heteroatoms. The molecule has 4 rings (SSSR count). The smallest absolute Gasteiger partial charge is 0.317 e. The van der Waals surface area contributed by atoms with Gasteiger partial charge in [0.15, 0.2) is 0 Å². The number of hydrogen-bond donors (Lipinski definition) is 3. The summed E-state index contributed by atoms with van der Waals surface area (Å²) in [5.41, 5.74) is 3.64. The number of pyridine rings is 3. The van der Waals surface area contributed by atoms with Gasteiger partial charge >= 0.3 is 17.9 Å². The fraction of sp³-hybridized carbons (Fsp3) is 0.455. The van der Waals surface area contributed by atoms with Crippen molar-refractivity contribution in [1.29, 1.82) is 0 Å². The van der Waals surface area contributed by atoms with E-state index < -0.39 is 17.9 Å². The van der Waals surface area contributed by atoms with Gasteiger partial charge in [-0.2, -0.15) is 0 Å². The molecule has 1 aliphatic heterocycles. The number of aromatic nitrogens is 3. The van der Waals surface area contributed by atoms with Crippen molar-refractivity contribution in [1.82, 2.24) is 39.5 Å². The summed E-state index contributed by atoms with van der Waals surface area (Å²) in [5.74, 6) is -2.88. The largest absolute Gasteiger partial charge is 0.480 e. The third-order valence-corrected chi connectivity index (χ3v) is 7.87. The Hall–Kier alpha value is -4.34. The van der Waals surface area contributed by atoms with Crippen LogP contribution >= 0.6 is 0 Å². The van der Waals surface area contributed by atoms with Gasteiger partial charge in [0.2, 0.25) is 0 Å². The fourth-order valence-electron chi connectivity index (χ4n) is 5.56. The molecule has 3 N–H and O–H groups in total. The van der Waals surface area contributed by atoms with Crippen molar-refractivity contribution in [2.24, 2.45) is 0 Å². The molecule has 1 fully saturated rings. The second-order valence-electron chi connectivity index (χ2n) is 11.7. The van der Waals surface area contributed by atoms with Crippen molar-refractivity contribution in [3.63, 3.8) is 0 Å². The van der Waals surface area contributed by atoms with Crippen LogP contribution in [-0.4, -0.2) is 145 Å². The number of carboxylic acid groups (broad SMARTS) is 3. The summed E-state index contributed by atoms with van der Waals surface area (Å²) < 4.78 is 0. The Labute approximate surface area is 274 Å². The lowest BCUT2D eigenvalue weighted by molar-refractivity contribution is -0.140. The molecule has 0 radical (unpaired) electrons. The third-order valence-electron chi connectivity index (χ3n) is 7.87. The van der Waals surface area contributed by atoms with E-state index in [0.29, 0.717) is 78.5 Å². The van der Waals surface area contributed by atoms with Gasteiger partial charge in [-0.05, 0) is 36.4 Å². The lowest BCUT2D eigenvalue weighted by Crippen LogP contribution is -2.48. The van der Waals surface area contributed by atoms with E-state index in [4.69, 9.17) is 4.98 Å². The molecule has 0 aliphatic carbocycles. The monoisotopic (exact) mass is 648 g/mol. The number of nitrogens with zero attached hydrogens (tertiary/aromatic N) is 8. The van der Waals surface area contributed by atoms with E-state index in [-0.39, 0.29) is 19.6 Å². The van der Waals surface area contributed by atoms with E-state index >= 15 is 0 Å². The van der Waals surface area contributed by atoms with Crippen molar-refractivity contribution >= 4 is 17.9 Å². The van der Waals surface area contributed by atoms with Gasteiger partial charge < -0.3 is 15.3 Å². The molecule has 0 aromatic carbocycles. The molecule has 0 unspecified atom stereocenters. The van der Waals surface area contributed by atoms with Gasteiger partial charge in [-0.1, -0.05) is 18.2 Å². The maximum Gasteiger partial charge on any atom is 0.317 e. The van der Waals surface area contributed by atoms with E-state index in [1.807, 2.05) is 64.4 Å². The summed E-state index contributed by atoms with van der Waals surface area (Å²) in [6.45, 7) is 5.25. The third kappa shape index (κ3) is 13.5. The van der Waals surface area contributed by atoms with Crippen LogP contribution in [0.4, 0.5) is 0 Å². The van der Waals surface area contributed by atoms with Crippen LogP contribution in [0.25, 0.3) is 0 Å². The SMILES string of the molecule is O=C(O)CN1CCN(CC(=O)O)CCN(Cc2cccc(CN(Cc3ccccn3)Cc3ccccn3)n2)CCN(CC(=O)O)CC1. The van der Waals surface area contributed by atoms with E-state index in [2.05, 4.69) is 19.8 Å². The van der Waals surface area contributed by atoms with Crippen molar-refractivity contribution in [3.8, 4) is 0 Å². The van der Waals surface area contributed by atoms with Crippen LogP contribution in [0.2, 0.25) is 0 Å². The Bertz CT molecular complexity index is 1340. The fourth-order valence-corrected chi connectivity index (χ4v) is 5.56. The van der Waals surface area contributed by atoms with Crippen LogP contribution in [0.3, 0.4) is 0 Å². The molecule has 0 bridgehead atoms. The van der Waals surface area contributed by atoms with Crippen LogP contribution in [0.1, 0.15) is 22.8 Å². The van der Waals surface area contributed by atoms with Crippen molar-refractivity contribution in [3.05, 3.63) is 89.8 Å². The van der Waals surface area contributed by atoms with Gasteiger partial charge in [0.25, 0.3) is 0 Å². The van der Waals surface area contributed by atoms with Gasteiger partial charge in [-0.3, -0.25) is 53.8 Å². The maximum atomic E-state index is 11.6. The Morgan fingerprint density at radius 3 is 1.32 bits per heavy atom. The number of hydrogen-bond acceptors (Lipinski definition) is 11. The molecular weight excluding hydrogens is 604 g/mol. The van der Waals surface area contributed by atoms with E-state index in [1.165, 1.54) is 0 Å². The molecule has 0 amide bonds. The van der Waals surface area contributed by atoms with E-state index in [0.717, 1.165) is 22.8 Å². The van der Waals surface area contributed by atoms with Crippen LogP contribution in [0.15, 0.2) is 67.0 Å². The Morgan fingerprint density at radius 1 is 0.532 bits per heavy atom. The highest BCUT2D eigenvalue weighted by Gasteiger charge is 2.21. The molecule has 1 aliphatic rings. The number of rotatable bonds is 14. The summed E-state index contributed by atoms with van der Waals surface area (Å²) in [6, 6.07) is 17.7. The predicted molar refractivity (Wildman–Crippen MR) is 173 cm³/mol. The number of carbonyl (C=O) groups is 3. The zero-order valence-electron chi connectivity index (χ0n) is 26.6. The van der Waals surface area contributed by atoms with E-state index in [9.17, 15) is 29.7 Å². The second-order valence-corrected chi connectivity index (χ2v) is 11.7. The molecule has 3 aromatic rings. The minimum Gasteiger partial charge on any atom is -0.480 e. The first-order valence-corrected chi connectivity index (χ1v) is 15.7. The highest BCUT2D eigenvalue weighted by atomic mass is 16.4. The zero-order chi connectivity index (χ0) is 33.4. The molecule has 0 saturated carbocycles. The molecule has 47 heavy (non-hydrogen) atoms. The summed E-state index contributed by atoms with van der Waals surface area (Å²) in [7, 11) is 0. The summed E-state index contributed by atoms with van der Waals surface area (Å²) >= 11 is 0. The molecular formula is C33H44N8O6. The minimum absolute atomic E-state index is 0.157. The Balaban J connectivity index is 1.49. The van der Waals surface area contributed by atoms with Crippen molar-refractivity contribution < 1.29 is 29.7 Å². The molecule has 14 nitrogen and oxygen atoms in total. The average Bonchev–Trinajstić information content (AvgIpc) is 3.03. The van der Waals surface area contributed by atoms with Gasteiger partial charge in [0.1, 0.15) is 0 Å². The number of carboxylic acids is 3. The topological polar surface area (TPSA) is 167 Å². The normalized spacial score (nSPS) is 16.4.